The third kappa shape index (κ3) is 2.87. The maximum Gasteiger partial charge on any atom is 0.471 e. The second-order valence-corrected chi connectivity index (χ2v) is 3.58. The van der Waals surface area contributed by atoms with Crippen molar-refractivity contribution in [2.45, 2.75) is 31.5 Å². The minimum Gasteiger partial charge on any atom is -0.373 e. The van der Waals surface area contributed by atoms with Crippen molar-refractivity contribution in [2.24, 2.45) is 0 Å². The second-order valence-electron chi connectivity index (χ2n) is 3.58. The van der Waals surface area contributed by atoms with Crippen LogP contribution in [0.25, 0.3) is 0 Å². The molecule has 1 fully saturated rings. The molecule has 0 saturated carbocycles. The SMILES string of the molecule is CC1(CNC(=O)C(F)(F)F)CCCO1. The molecule has 3 nitrogen and oxygen atoms in total. The van der Waals surface area contributed by atoms with Crippen LogP contribution in [0.3, 0.4) is 0 Å². The van der Waals surface area contributed by atoms with Crippen LogP contribution in [0.1, 0.15) is 19.8 Å². The van der Waals surface area contributed by atoms with Gasteiger partial charge in [-0.15, -0.1) is 0 Å². The first-order chi connectivity index (χ1) is 6.33. The van der Waals surface area contributed by atoms with Gasteiger partial charge in [0.05, 0.1) is 5.60 Å². The fourth-order valence-electron chi connectivity index (χ4n) is 1.34. The average molecular weight is 211 g/mol. The van der Waals surface area contributed by atoms with Crippen LogP contribution in [0.15, 0.2) is 0 Å². The number of rotatable bonds is 2. The van der Waals surface area contributed by atoms with E-state index in [0.29, 0.717) is 13.0 Å². The Kier molecular flexibility index (Phi) is 3.04. The normalized spacial score (nSPS) is 27.7. The summed E-state index contributed by atoms with van der Waals surface area (Å²) >= 11 is 0. The Bertz CT molecular complexity index is 221. The van der Waals surface area contributed by atoms with Crippen molar-refractivity contribution in [3.05, 3.63) is 0 Å². The van der Waals surface area contributed by atoms with Gasteiger partial charge in [-0.05, 0) is 19.8 Å². The van der Waals surface area contributed by atoms with Gasteiger partial charge in [0.2, 0.25) is 0 Å². The summed E-state index contributed by atoms with van der Waals surface area (Å²) in [4.78, 5) is 10.5. The molecule has 1 heterocycles. The zero-order valence-corrected chi connectivity index (χ0v) is 7.78. The number of carbonyl (C=O) groups excluding carboxylic acids is 1. The van der Waals surface area contributed by atoms with E-state index in [1.54, 1.807) is 6.92 Å². The number of nitrogens with one attached hydrogen (secondary N) is 1. The van der Waals surface area contributed by atoms with Gasteiger partial charge in [-0.3, -0.25) is 4.79 Å². The fourth-order valence-corrected chi connectivity index (χ4v) is 1.34. The largest absolute Gasteiger partial charge is 0.471 e. The first-order valence-corrected chi connectivity index (χ1v) is 4.32. The van der Waals surface area contributed by atoms with Crippen molar-refractivity contribution in [3.63, 3.8) is 0 Å². The highest BCUT2D eigenvalue weighted by Gasteiger charge is 2.40. The Hall–Kier alpha value is -0.780. The summed E-state index contributed by atoms with van der Waals surface area (Å²) < 4.78 is 40.6. The maximum atomic E-state index is 11.8. The Balaban J connectivity index is 2.37. The van der Waals surface area contributed by atoms with Crippen LogP contribution in [0.4, 0.5) is 13.2 Å². The highest BCUT2D eigenvalue weighted by molar-refractivity contribution is 5.81. The van der Waals surface area contributed by atoms with Gasteiger partial charge in [0.15, 0.2) is 0 Å². The van der Waals surface area contributed by atoms with Crippen molar-refractivity contribution in [1.82, 2.24) is 5.32 Å². The predicted octanol–water partition coefficient (Wildman–Crippen LogP) is 1.23. The smallest absolute Gasteiger partial charge is 0.373 e. The van der Waals surface area contributed by atoms with Crippen LogP contribution >= 0.6 is 0 Å². The topological polar surface area (TPSA) is 38.3 Å². The molecule has 1 unspecified atom stereocenters. The lowest BCUT2D eigenvalue weighted by Gasteiger charge is -2.23. The number of hydrogen-bond donors (Lipinski definition) is 1. The molecule has 1 amide bonds. The van der Waals surface area contributed by atoms with Gasteiger partial charge in [0, 0.05) is 13.2 Å². The first-order valence-electron chi connectivity index (χ1n) is 4.32. The van der Waals surface area contributed by atoms with E-state index < -0.39 is 17.7 Å². The van der Waals surface area contributed by atoms with Gasteiger partial charge >= 0.3 is 12.1 Å². The molecule has 1 saturated heterocycles. The summed E-state index contributed by atoms with van der Waals surface area (Å²) in [7, 11) is 0. The second kappa shape index (κ2) is 3.76. The van der Waals surface area contributed by atoms with Crippen LogP contribution in [0, 0.1) is 0 Å². The molecule has 1 N–H and O–H groups in total. The van der Waals surface area contributed by atoms with E-state index in [9.17, 15) is 18.0 Å². The molecule has 0 bridgehead atoms. The number of carbonyl (C=O) groups is 1. The first kappa shape index (κ1) is 11.3. The van der Waals surface area contributed by atoms with E-state index in [2.05, 4.69) is 0 Å². The monoisotopic (exact) mass is 211 g/mol. The standard InChI is InChI=1S/C8H12F3NO2/c1-7(3-2-4-14-7)5-12-6(13)8(9,10)11/h2-5H2,1H3,(H,12,13). The lowest BCUT2D eigenvalue weighted by atomic mass is 10.0. The molecular weight excluding hydrogens is 199 g/mol. The molecule has 1 atom stereocenters. The Labute approximate surface area is 79.6 Å². The molecule has 82 valence electrons. The minimum absolute atomic E-state index is 0.0919. The van der Waals surface area contributed by atoms with Gasteiger partial charge in [-0.25, -0.2) is 0 Å². The number of halogens is 3. The van der Waals surface area contributed by atoms with E-state index in [4.69, 9.17) is 4.74 Å². The summed E-state index contributed by atoms with van der Waals surface area (Å²) in [5.74, 6) is -1.91. The lowest BCUT2D eigenvalue weighted by molar-refractivity contribution is -0.174. The Morgan fingerprint density at radius 2 is 2.21 bits per heavy atom. The molecule has 0 aromatic heterocycles. The molecule has 0 aromatic rings. The number of amides is 1. The Morgan fingerprint density at radius 3 is 2.64 bits per heavy atom. The van der Waals surface area contributed by atoms with Gasteiger partial charge in [0.25, 0.3) is 0 Å². The van der Waals surface area contributed by atoms with Crippen LogP contribution in [0.5, 0.6) is 0 Å². The minimum atomic E-state index is -4.81. The van der Waals surface area contributed by atoms with Crippen molar-refractivity contribution >= 4 is 5.91 Å². The van der Waals surface area contributed by atoms with Crippen LogP contribution < -0.4 is 5.32 Å². The molecule has 0 radical (unpaired) electrons. The number of hydrogen-bond acceptors (Lipinski definition) is 2. The summed E-state index contributed by atoms with van der Waals surface area (Å²) in [6.07, 6.45) is -3.32. The molecule has 1 aliphatic rings. The van der Waals surface area contributed by atoms with Crippen LogP contribution in [-0.2, 0) is 9.53 Å². The molecule has 1 rings (SSSR count). The van der Waals surface area contributed by atoms with Gasteiger partial charge in [-0.2, -0.15) is 13.2 Å². The molecule has 0 spiro atoms. The summed E-state index contributed by atoms with van der Waals surface area (Å²) in [5.41, 5.74) is -0.638. The number of alkyl halides is 3. The van der Waals surface area contributed by atoms with Crippen molar-refractivity contribution in [3.8, 4) is 0 Å². The highest BCUT2D eigenvalue weighted by Crippen LogP contribution is 2.24. The van der Waals surface area contributed by atoms with E-state index in [-0.39, 0.29) is 6.54 Å². The average Bonchev–Trinajstić information content (AvgIpc) is 2.47. The van der Waals surface area contributed by atoms with Crippen molar-refractivity contribution < 1.29 is 22.7 Å². The van der Waals surface area contributed by atoms with Gasteiger partial charge in [-0.1, -0.05) is 0 Å². The quantitative estimate of drug-likeness (QED) is 0.746. The summed E-state index contributed by atoms with van der Waals surface area (Å²) in [5, 5.41) is 1.82. The predicted molar refractivity (Wildman–Crippen MR) is 42.7 cm³/mol. The lowest BCUT2D eigenvalue weighted by Crippen LogP contribution is -2.45. The zero-order chi connectivity index (χ0) is 10.8. The third-order valence-electron chi connectivity index (χ3n) is 2.18. The fraction of sp³-hybridized carbons (Fsp3) is 0.875. The van der Waals surface area contributed by atoms with Gasteiger partial charge < -0.3 is 10.1 Å². The highest BCUT2D eigenvalue weighted by atomic mass is 19.4. The van der Waals surface area contributed by atoms with E-state index >= 15 is 0 Å². The maximum absolute atomic E-state index is 11.8. The summed E-state index contributed by atoms with van der Waals surface area (Å²) in [6, 6.07) is 0. The zero-order valence-electron chi connectivity index (χ0n) is 7.78. The summed E-state index contributed by atoms with van der Waals surface area (Å²) in [6.45, 7) is 2.14. The van der Waals surface area contributed by atoms with E-state index in [1.165, 1.54) is 0 Å². The molecule has 6 heteroatoms. The molecule has 14 heavy (non-hydrogen) atoms. The molecule has 1 aliphatic heterocycles. The van der Waals surface area contributed by atoms with Crippen molar-refractivity contribution in [2.75, 3.05) is 13.2 Å². The van der Waals surface area contributed by atoms with Crippen LogP contribution in [-0.4, -0.2) is 30.8 Å². The molecular formula is C8H12F3NO2. The van der Waals surface area contributed by atoms with E-state index in [1.807, 2.05) is 5.32 Å². The Morgan fingerprint density at radius 1 is 1.57 bits per heavy atom. The van der Waals surface area contributed by atoms with Crippen molar-refractivity contribution in [1.29, 1.82) is 0 Å². The third-order valence-corrected chi connectivity index (χ3v) is 2.18. The van der Waals surface area contributed by atoms with Crippen LogP contribution in [0.2, 0.25) is 0 Å². The number of ether oxygens (including phenoxy) is 1. The molecule has 0 aliphatic carbocycles. The van der Waals surface area contributed by atoms with E-state index in [0.717, 1.165) is 6.42 Å². The molecule has 0 aromatic carbocycles. The van der Waals surface area contributed by atoms with Gasteiger partial charge in [0.1, 0.15) is 0 Å².